The van der Waals surface area contributed by atoms with Gasteiger partial charge < -0.3 is 10.8 Å². The van der Waals surface area contributed by atoms with Crippen molar-refractivity contribution >= 4 is 22.4 Å². The van der Waals surface area contributed by atoms with Crippen molar-refractivity contribution in [3.8, 4) is 0 Å². The van der Waals surface area contributed by atoms with E-state index in [9.17, 15) is 4.79 Å². The van der Waals surface area contributed by atoms with Crippen molar-refractivity contribution in [2.24, 2.45) is 5.73 Å². The number of fused-ring (bicyclic) bond motifs is 1. The lowest BCUT2D eigenvalue weighted by Crippen LogP contribution is -2.10. The van der Waals surface area contributed by atoms with Gasteiger partial charge in [-0.25, -0.2) is 4.98 Å². The summed E-state index contributed by atoms with van der Waals surface area (Å²) in [6, 6.07) is 7.41. The Balaban J connectivity index is 2.55. The third-order valence-corrected chi connectivity index (χ3v) is 4.20. The zero-order valence-corrected chi connectivity index (χ0v) is 15.2. The second kappa shape index (κ2) is 9.68. The van der Waals surface area contributed by atoms with Crippen LogP contribution in [0.25, 0.3) is 16.5 Å². The maximum absolute atomic E-state index is 11.5. The van der Waals surface area contributed by atoms with E-state index in [1.807, 2.05) is 31.2 Å². The van der Waals surface area contributed by atoms with Gasteiger partial charge in [0.25, 0.3) is 0 Å². The molecule has 4 nitrogen and oxygen atoms in total. The molecule has 3 N–H and O–H groups in total. The summed E-state index contributed by atoms with van der Waals surface area (Å²) in [6.07, 6.45) is 11.3. The quantitative estimate of drug-likeness (QED) is 0.526. The van der Waals surface area contributed by atoms with Crippen molar-refractivity contribution in [3.05, 3.63) is 72.0 Å². The van der Waals surface area contributed by atoms with E-state index in [4.69, 9.17) is 15.8 Å². The molecule has 136 valence electrons. The molecule has 0 aliphatic carbocycles. The fraction of sp³-hybridized carbons (Fsp3) is 0.273. The van der Waals surface area contributed by atoms with Gasteiger partial charge in [-0.05, 0) is 56.0 Å². The highest BCUT2D eigenvalue weighted by atomic mass is 16.2. The van der Waals surface area contributed by atoms with Crippen LogP contribution in [0.5, 0.6) is 0 Å². The molecule has 0 fully saturated rings. The number of nitrogens with zero attached hydrogens (tertiary/aromatic N) is 1. The van der Waals surface area contributed by atoms with Crippen molar-refractivity contribution in [3.63, 3.8) is 0 Å². The molecule has 1 heterocycles. The molecule has 0 saturated carbocycles. The molecule has 1 aromatic heterocycles. The number of nitrogens with two attached hydrogens (primary N) is 1. The summed E-state index contributed by atoms with van der Waals surface area (Å²) in [6.45, 7) is 5.98. The van der Waals surface area contributed by atoms with Crippen molar-refractivity contribution in [1.29, 1.82) is 0 Å². The normalized spacial score (nSPS) is 12.0. The van der Waals surface area contributed by atoms with E-state index in [0.717, 1.165) is 53.4 Å². The summed E-state index contributed by atoms with van der Waals surface area (Å²) < 4.78 is 0. The summed E-state index contributed by atoms with van der Waals surface area (Å²) in [5.41, 5.74) is 9.74. The number of benzene rings is 1. The third-order valence-electron chi connectivity index (χ3n) is 4.20. The smallest absolute Gasteiger partial charge is 0.248 e. The Morgan fingerprint density at radius 2 is 2.08 bits per heavy atom. The van der Waals surface area contributed by atoms with Gasteiger partial charge in [-0.1, -0.05) is 37.3 Å². The maximum atomic E-state index is 11.5. The van der Waals surface area contributed by atoms with Crippen LogP contribution < -0.4 is 5.73 Å². The minimum Gasteiger partial charge on any atom is -0.396 e. The number of allylic oxidation sites excluding steroid dienone is 5. The Morgan fingerprint density at radius 3 is 2.73 bits per heavy atom. The predicted molar refractivity (Wildman–Crippen MR) is 108 cm³/mol. The molecule has 26 heavy (non-hydrogen) atoms. The SMILES string of the molecule is C=C/C=C(\C=C/C)c1nc2ccc(C(N)=O)cc2cc1CCCCCO. The van der Waals surface area contributed by atoms with Crippen molar-refractivity contribution < 1.29 is 9.90 Å². The van der Waals surface area contributed by atoms with E-state index >= 15 is 0 Å². The molecule has 1 aromatic carbocycles. The number of aliphatic hydroxyl groups is 1. The number of hydrogen-bond acceptors (Lipinski definition) is 3. The second-order valence-corrected chi connectivity index (χ2v) is 6.16. The van der Waals surface area contributed by atoms with Gasteiger partial charge in [0.1, 0.15) is 0 Å². The van der Waals surface area contributed by atoms with E-state index in [-0.39, 0.29) is 6.61 Å². The average molecular weight is 350 g/mol. The lowest BCUT2D eigenvalue weighted by Gasteiger charge is -2.12. The molecule has 0 radical (unpaired) electrons. The van der Waals surface area contributed by atoms with Crippen LogP contribution in [-0.4, -0.2) is 22.6 Å². The lowest BCUT2D eigenvalue weighted by atomic mass is 9.97. The first-order valence-corrected chi connectivity index (χ1v) is 8.90. The van der Waals surface area contributed by atoms with Gasteiger partial charge in [-0.3, -0.25) is 4.79 Å². The number of pyridine rings is 1. The average Bonchev–Trinajstić information content (AvgIpc) is 2.64. The van der Waals surface area contributed by atoms with E-state index < -0.39 is 5.91 Å². The molecule has 0 aliphatic heterocycles. The van der Waals surface area contributed by atoms with Gasteiger partial charge in [0.2, 0.25) is 5.91 Å². The number of aromatic nitrogens is 1. The highest BCUT2D eigenvalue weighted by Gasteiger charge is 2.11. The van der Waals surface area contributed by atoms with Crippen LogP contribution in [0, 0.1) is 0 Å². The standard InChI is InChI=1S/C22H26N2O2/c1-3-8-16(9-4-2)21-17(10-6-5-7-13-25)14-19-15-18(22(23)26)11-12-20(19)24-21/h3-4,8-9,11-12,14-15,25H,1,5-7,10,13H2,2H3,(H2,23,26)/b9-4-,16-8+. The highest BCUT2D eigenvalue weighted by molar-refractivity contribution is 5.97. The number of aryl methyl sites for hydroxylation is 1. The first kappa shape index (κ1) is 19.6. The molecular formula is C22H26N2O2. The minimum atomic E-state index is -0.443. The van der Waals surface area contributed by atoms with Crippen LogP contribution in [0.4, 0.5) is 0 Å². The number of aliphatic hydroxyl groups excluding tert-OH is 1. The number of primary amides is 1. The number of amides is 1. The summed E-state index contributed by atoms with van der Waals surface area (Å²) in [7, 11) is 0. The molecule has 0 aliphatic rings. The number of unbranched alkanes of at least 4 members (excludes halogenated alkanes) is 2. The fourth-order valence-corrected chi connectivity index (χ4v) is 2.94. The summed E-state index contributed by atoms with van der Waals surface area (Å²) >= 11 is 0. The van der Waals surface area contributed by atoms with E-state index in [1.54, 1.807) is 18.2 Å². The number of carbonyl (C=O) groups excluding carboxylic acids is 1. The molecule has 4 heteroatoms. The molecule has 0 unspecified atom stereocenters. The molecule has 2 rings (SSSR count). The van der Waals surface area contributed by atoms with Crippen LogP contribution in [0.2, 0.25) is 0 Å². The second-order valence-electron chi connectivity index (χ2n) is 6.16. The maximum Gasteiger partial charge on any atom is 0.248 e. The van der Waals surface area contributed by atoms with E-state index in [2.05, 4.69) is 12.6 Å². The number of carbonyl (C=O) groups is 1. The van der Waals surface area contributed by atoms with Crippen LogP contribution in [-0.2, 0) is 6.42 Å². The molecule has 0 atom stereocenters. The Kier molecular flexibility index (Phi) is 7.30. The zero-order valence-electron chi connectivity index (χ0n) is 15.2. The largest absolute Gasteiger partial charge is 0.396 e. The highest BCUT2D eigenvalue weighted by Crippen LogP contribution is 2.26. The summed E-state index contributed by atoms with van der Waals surface area (Å²) in [5.74, 6) is -0.443. The van der Waals surface area contributed by atoms with E-state index in [1.165, 1.54) is 0 Å². The number of rotatable bonds is 9. The van der Waals surface area contributed by atoms with Gasteiger partial charge in [-0.15, -0.1) is 0 Å². The van der Waals surface area contributed by atoms with Gasteiger partial charge in [0.15, 0.2) is 0 Å². The first-order chi connectivity index (χ1) is 12.6. The Hall–Kier alpha value is -2.72. The van der Waals surface area contributed by atoms with Gasteiger partial charge in [-0.2, -0.15) is 0 Å². The molecular weight excluding hydrogens is 324 g/mol. The van der Waals surface area contributed by atoms with Crippen LogP contribution in [0.15, 0.2) is 55.1 Å². The third kappa shape index (κ3) is 4.90. The van der Waals surface area contributed by atoms with Crippen molar-refractivity contribution in [1.82, 2.24) is 4.98 Å². The van der Waals surface area contributed by atoms with Crippen LogP contribution >= 0.6 is 0 Å². The molecule has 0 saturated heterocycles. The van der Waals surface area contributed by atoms with Crippen LogP contribution in [0.1, 0.15) is 47.8 Å². The topological polar surface area (TPSA) is 76.2 Å². The van der Waals surface area contributed by atoms with Gasteiger partial charge in [0, 0.05) is 23.1 Å². The fourth-order valence-electron chi connectivity index (χ4n) is 2.94. The van der Waals surface area contributed by atoms with Crippen molar-refractivity contribution in [2.45, 2.75) is 32.6 Å². The molecule has 0 spiro atoms. The van der Waals surface area contributed by atoms with Crippen molar-refractivity contribution in [2.75, 3.05) is 6.61 Å². The summed E-state index contributed by atoms with van der Waals surface area (Å²) in [4.78, 5) is 16.3. The first-order valence-electron chi connectivity index (χ1n) is 8.90. The molecule has 0 bridgehead atoms. The summed E-state index contributed by atoms with van der Waals surface area (Å²) in [5, 5.41) is 9.89. The molecule has 2 aromatic rings. The minimum absolute atomic E-state index is 0.213. The Bertz CT molecular complexity index is 851. The molecule has 1 amide bonds. The van der Waals surface area contributed by atoms with Crippen LogP contribution in [0.3, 0.4) is 0 Å². The predicted octanol–water partition coefficient (Wildman–Crippen LogP) is 4.18. The number of hydrogen-bond donors (Lipinski definition) is 2. The zero-order chi connectivity index (χ0) is 18.9. The van der Waals surface area contributed by atoms with E-state index in [0.29, 0.717) is 5.56 Å². The van der Waals surface area contributed by atoms with Gasteiger partial charge >= 0.3 is 0 Å². The Labute approximate surface area is 154 Å². The Morgan fingerprint density at radius 1 is 1.27 bits per heavy atom. The van der Waals surface area contributed by atoms with Gasteiger partial charge in [0.05, 0.1) is 11.2 Å². The monoisotopic (exact) mass is 350 g/mol. The lowest BCUT2D eigenvalue weighted by molar-refractivity contribution is 0.100.